The number of rotatable bonds is 5. The van der Waals surface area contributed by atoms with Crippen LogP contribution in [-0.4, -0.2) is 25.3 Å². The number of hydrogen-bond acceptors (Lipinski definition) is 6. The monoisotopic (exact) mass is 264 g/mol. The first kappa shape index (κ1) is 12.7. The summed E-state index contributed by atoms with van der Waals surface area (Å²) < 4.78 is 10.5. The van der Waals surface area contributed by atoms with Gasteiger partial charge in [-0.15, -0.1) is 0 Å². The van der Waals surface area contributed by atoms with E-state index in [0.29, 0.717) is 29.8 Å². The molecule has 5 nitrogen and oxygen atoms in total. The summed E-state index contributed by atoms with van der Waals surface area (Å²) in [7, 11) is 1.63. The van der Waals surface area contributed by atoms with Crippen LogP contribution in [-0.2, 0) is 4.74 Å². The first-order valence-corrected chi connectivity index (χ1v) is 6.17. The third-order valence-corrected chi connectivity index (χ3v) is 3.05. The van der Waals surface area contributed by atoms with Crippen LogP contribution in [0.5, 0.6) is 5.75 Å². The Morgan fingerprint density at radius 2 is 2.11 bits per heavy atom. The third kappa shape index (κ3) is 3.12. The topological polar surface area (TPSA) is 83.4 Å². The van der Waals surface area contributed by atoms with Crippen molar-refractivity contribution in [1.29, 1.82) is 0 Å². The van der Waals surface area contributed by atoms with Gasteiger partial charge in [0.15, 0.2) is 5.13 Å². The van der Waals surface area contributed by atoms with Crippen LogP contribution >= 0.6 is 11.3 Å². The van der Waals surface area contributed by atoms with Crippen LogP contribution < -0.4 is 16.2 Å². The average molecular weight is 264 g/mol. The first-order chi connectivity index (χ1) is 8.69. The van der Waals surface area contributed by atoms with Gasteiger partial charge in [-0.2, -0.15) is 0 Å². The van der Waals surface area contributed by atoms with E-state index in [4.69, 9.17) is 20.9 Å². The fraction of sp³-hybridized carbons (Fsp3) is 0.250. The van der Waals surface area contributed by atoms with Gasteiger partial charge in [0.1, 0.15) is 18.6 Å². The van der Waals surface area contributed by atoms with E-state index in [9.17, 15) is 0 Å². The van der Waals surface area contributed by atoms with Crippen LogP contribution in [0.1, 0.15) is 0 Å². The summed E-state index contributed by atoms with van der Waals surface area (Å²) in [6, 6.07) is 5.49. The van der Waals surface area contributed by atoms with Crippen molar-refractivity contribution in [1.82, 2.24) is 4.98 Å². The zero-order valence-electron chi connectivity index (χ0n) is 9.97. The molecule has 2 aromatic rings. The molecule has 1 heterocycles. The highest BCUT2D eigenvalue weighted by atomic mass is 32.1. The van der Waals surface area contributed by atoms with Gasteiger partial charge in [0.2, 0.25) is 0 Å². The second-order valence-corrected chi connectivity index (χ2v) is 4.66. The zero-order valence-corrected chi connectivity index (χ0v) is 10.8. The molecule has 1 aromatic heterocycles. The normalized spacial score (nSPS) is 10.5. The molecule has 6 heteroatoms. The van der Waals surface area contributed by atoms with Crippen LogP contribution in [0.25, 0.3) is 10.4 Å². The van der Waals surface area contributed by atoms with Crippen molar-refractivity contribution < 1.29 is 9.47 Å². The van der Waals surface area contributed by atoms with Gasteiger partial charge in [0.25, 0.3) is 0 Å². The summed E-state index contributed by atoms with van der Waals surface area (Å²) in [4.78, 5) is 4.74. The lowest BCUT2D eigenvalue weighted by Crippen LogP contribution is -2.04. The molecule has 0 saturated heterocycles. The number of aromatic nitrogens is 1. The van der Waals surface area contributed by atoms with Crippen LogP contribution in [0.3, 0.4) is 0 Å². The van der Waals surface area contributed by atoms with Gasteiger partial charge in [-0.05, 0) is 17.7 Å². The summed E-state index contributed by atoms with van der Waals surface area (Å²) >= 11 is 1.36. The summed E-state index contributed by atoms with van der Waals surface area (Å²) in [5, 5.41) is 0.481. The standard InChI is InChI=1S/C12H14N3O2S/c1-16-2-3-17-10-5-8(4-9(13)6-10)11-7-15-12(14)18-11/h4-6H,2-3,13H2,1H3,(H2,14,15). The molecular weight excluding hydrogens is 250 g/mol. The minimum Gasteiger partial charge on any atom is -0.491 e. The molecule has 0 atom stereocenters. The van der Waals surface area contributed by atoms with E-state index in [0.717, 1.165) is 10.4 Å². The molecule has 0 aliphatic carbocycles. The Bertz CT molecular complexity index is 528. The highest BCUT2D eigenvalue weighted by molar-refractivity contribution is 7.18. The molecule has 95 valence electrons. The summed E-state index contributed by atoms with van der Waals surface area (Å²) in [5.41, 5.74) is 12.9. The average Bonchev–Trinajstić information content (AvgIpc) is 2.76. The molecule has 18 heavy (non-hydrogen) atoms. The number of anilines is 2. The Kier molecular flexibility index (Phi) is 4.01. The molecule has 0 bridgehead atoms. The van der Waals surface area contributed by atoms with Gasteiger partial charge in [-0.3, -0.25) is 0 Å². The van der Waals surface area contributed by atoms with E-state index in [1.54, 1.807) is 13.2 Å². The van der Waals surface area contributed by atoms with Gasteiger partial charge in [0, 0.05) is 18.9 Å². The number of nitrogen functional groups attached to an aromatic ring is 2. The highest BCUT2D eigenvalue weighted by Crippen LogP contribution is 2.31. The lowest BCUT2D eigenvalue weighted by Gasteiger charge is -2.08. The molecule has 4 N–H and O–H groups in total. The van der Waals surface area contributed by atoms with Crippen molar-refractivity contribution in [3.63, 3.8) is 0 Å². The van der Waals surface area contributed by atoms with Gasteiger partial charge in [0.05, 0.1) is 11.5 Å². The van der Waals surface area contributed by atoms with E-state index in [-0.39, 0.29) is 0 Å². The lowest BCUT2D eigenvalue weighted by atomic mass is 10.1. The Balaban J connectivity index is 2.21. The van der Waals surface area contributed by atoms with Crippen molar-refractivity contribution in [2.45, 2.75) is 0 Å². The van der Waals surface area contributed by atoms with E-state index < -0.39 is 0 Å². The zero-order chi connectivity index (χ0) is 13.0. The van der Waals surface area contributed by atoms with Gasteiger partial charge < -0.3 is 20.9 Å². The Labute approximate surface area is 109 Å². The predicted octanol–water partition coefficient (Wildman–Crippen LogP) is 1.80. The maximum absolute atomic E-state index is 5.84. The second-order valence-electron chi connectivity index (χ2n) is 3.63. The van der Waals surface area contributed by atoms with E-state index in [1.165, 1.54) is 11.3 Å². The van der Waals surface area contributed by atoms with E-state index in [1.807, 2.05) is 12.1 Å². The smallest absolute Gasteiger partial charge is 0.181 e. The molecule has 0 aliphatic rings. The van der Waals surface area contributed by atoms with E-state index >= 15 is 0 Å². The van der Waals surface area contributed by atoms with Crippen LogP contribution in [0.15, 0.2) is 18.2 Å². The molecule has 0 fully saturated rings. The first-order valence-electron chi connectivity index (χ1n) is 5.35. The second kappa shape index (κ2) is 5.70. The number of nitrogens with two attached hydrogens (primary N) is 2. The Morgan fingerprint density at radius 1 is 1.28 bits per heavy atom. The quantitative estimate of drug-likeness (QED) is 0.635. The lowest BCUT2D eigenvalue weighted by molar-refractivity contribution is 0.146. The van der Waals surface area contributed by atoms with Crippen LogP contribution in [0.2, 0.25) is 0 Å². The van der Waals surface area contributed by atoms with Crippen molar-refractivity contribution in [3.05, 3.63) is 24.4 Å². The number of benzene rings is 1. The van der Waals surface area contributed by atoms with Crippen molar-refractivity contribution in [3.8, 4) is 16.2 Å². The fourth-order valence-corrected chi connectivity index (χ4v) is 2.09. The van der Waals surface area contributed by atoms with Crippen molar-refractivity contribution in [2.75, 3.05) is 31.8 Å². The molecule has 2 rings (SSSR count). The number of methoxy groups -OCH3 is 1. The van der Waals surface area contributed by atoms with Gasteiger partial charge >= 0.3 is 0 Å². The third-order valence-electron chi connectivity index (χ3n) is 2.22. The minimum atomic E-state index is 0.480. The summed E-state index contributed by atoms with van der Waals surface area (Å²) in [5.74, 6) is 0.697. The molecule has 0 saturated carbocycles. The number of nitrogens with zero attached hydrogens (tertiary/aromatic N) is 1. The van der Waals surface area contributed by atoms with Crippen LogP contribution in [0, 0.1) is 6.20 Å². The molecule has 1 aromatic carbocycles. The minimum absolute atomic E-state index is 0.480. The molecule has 0 spiro atoms. The molecule has 1 radical (unpaired) electrons. The highest BCUT2D eigenvalue weighted by Gasteiger charge is 2.06. The van der Waals surface area contributed by atoms with Crippen LogP contribution in [0.4, 0.5) is 10.8 Å². The maximum atomic E-state index is 5.84. The van der Waals surface area contributed by atoms with E-state index in [2.05, 4.69) is 11.2 Å². The van der Waals surface area contributed by atoms with Crippen molar-refractivity contribution in [2.24, 2.45) is 0 Å². The van der Waals surface area contributed by atoms with Gasteiger partial charge in [-0.1, -0.05) is 11.3 Å². The molecule has 0 amide bonds. The van der Waals surface area contributed by atoms with Crippen molar-refractivity contribution >= 4 is 22.2 Å². The number of thiazole rings is 1. The largest absolute Gasteiger partial charge is 0.491 e. The molecular formula is C12H14N3O2S. The molecule has 0 aliphatic heterocycles. The Hall–Kier alpha value is -1.79. The Morgan fingerprint density at radius 3 is 2.78 bits per heavy atom. The fourth-order valence-electron chi connectivity index (χ4n) is 1.46. The molecule has 0 unspecified atom stereocenters. The maximum Gasteiger partial charge on any atom is 0.181 e. The predicted molar refractivity (Wildman–Crippen MR) is 72.6 cm³/mol. The summed E-state index contributed by atoms with van der Waals surface area (Å²) in [6.07, 6.45) is 2.85. The number of hydrogen-bond donors (Lipinski definition) is 2. The van der Waals surface area contributed by atoms with Gasteiger partial charge in [-0.25, -0.2) is 4.98 Å². The SMILES string of the molecule is COCCOc1cc(N)cc(-c2[c]nc(N)s2)c1. The number of ether oxygens (including phenoxy) is 2. The summed E-state index contributed by atoms with van der Waals surface area (Å²) in [6.45, 7) is 1.01.